The van der Waals surface area contributed by atoms with Crippen LogP contribution < -0.4 is 0 Å². The summed E-state index contributed by atoms with van der Waals surface area (Å²) in [4.78, 5) is 22.6. The number of hydrogen-bond acceptors (Lipinski definition) is 4. The van der Waals surface area contributed by atoms with E-state index in [0.717, 1.165) is 13.2 Å². The molecule has 1 atom stereocenters. The van der Waals surface area contributed by atoms with Crippen molar-refractivity contribution in [3.05, 3.63) is 21.7 Å². The first-order valence-electron chi connectivity index (χ1n) is 3.95. The van der Waals surface area contributed by atoms with Crippen LogP contribution in [0, 0.1) is 0 Å². The molecule has 0 aromatic carbocycles. The number of hydrogen-bond donors (Lipinski definition) is 1. The summed E-state index contributed by atoms with van der Waals surface area (Å²) < 4.78 is 4.40. The number of rotatable bonds is 1. The molecule has 1 N–H and O–H groups in total. The standard InChI is InChI=1S/C9H8Cl2O4/c1-4-6(11)7(12)5(10)3-9(4,14)8(13)15-2/h3,14H,1-2H3. The van der Waals surface area contributed by atoms with E-state index < -0.39 is 17.4 Å². The second kappa shape index (κ2) is 3.96. The van der Waals surface area contributed by atoms with Gasteiger partial charge in [0.15, 0.2) is 0 Å². The lowest BCUT2D eigenvalue weighted by Crippen LogP contribution is -2.42. The Morgan fingerprint density at radius 2 is 2.07 bits per heavy atom. The minimum absolute atomic E-state index is 0.00502. The summed E-state index contributed by atoms with van der Waals surface area (Å²) in [7, 11) is 1.11. The van der Waals surface area contributed by atoms with Gasteiger partial charge in [-0.15, -0.1) is 0 Å². The van der Waals surface area contributed by atoms with Gasteiger partial charge in [-0.25, -0.2) is 4.79 Å². The normalized spacial score (nSPS) is 26.5. The van der Waals surface area contributed by atoms with E-state index in [4.69, 9.17) is 23.2 Å². The first-order valence-corrected chi connectivity index (χ1v) is 4.71. The van der Waals surface area contributed by atoms with Crippen LogP contribution in [0.25, 0.3) is 0 Å². The van der Waals surface area contributed by atoms with Crippen LogP contribution in [0.2, 0.25) is 0 Å². The lowest BCUT2D eigenvalue weighted by molar-refractivity contribution is -0.154. The Kier molecular flexibility index (Phi) is 3.23. The molecule has 15 heavy (non-hydrogen) atoms. The molecule has 0 saturated heterocycles. The number of esters is 1. The van der Waals surface area contributed by atoms with Gasteiger partial charge in [0.25, 0.3) is 0 Å². The molecular formula is C9H8Cl2O4. The van der Waals surface area contributed by atoms with Crippen molar-refractivity contribution in [1.82, 2.24) is 0 Å². The summed E-state index contributed by atoms with van der Waals surface area (Å²) in [6.45, 7) is 1.36. The van der Waals surface area contributed by atoms with Gasteiger partial charge in [0.2, 0.25) is 11.4 Å². The SMILES string of the molecule is COC(=O)C1(O)C=C(Cl)C(=O)C(Cl)=C1C. The van der Waals surface area contributed by atoms with Gasteiger partial charge in [0, 0.05) is 0 Å². The Balaban J connectivity index is 3.33. The third-order valence-corrected chi connectivity index (χ3v) is 2.89. The Morgan fingerprint density at radius 1 is 1.53 bits per heavy atom. The van der Waals surface area contributed by atoms with Crippen LogP contribution in [0.5, 0.6) is 0 Å². The molecule has 1 unspecified atom stereocenters. The molecule has 1 aliphatic carbocycles. The maximum absolute atomic E-state index is 11.3. The maximum Gasteiger partial charge on any atom is 0.346 e. The van der Waals surface area contributed by atoms with Crippen molar-refractivity contribution in [2.75, 3.05) is 7.11 Å². The first-order chi connectivity index (χ1) is 6.84. The number of carbonyl (C=O) groups is 2. The molecule has 82 valence electrons. The number of halogens is 2. The predicted molar refractivity (Wildman–Crippen MR) is 54.5 cm³/mol. The maximum atomic E-state index is 11.3. The summed E-state index contributed by atoms with van der Waals surface area (Å²) in [6, 6.07) is 0. The van der Waals surface area contributed by atoms with Gasteiger partial charge in [0.05, 0.1) is 17.2 Å². The van der Waals surface area contributed by atoms with E-state index in [-0.39, 0.29) is 15.6 Å². The topological polar surface area (TPSA) is 63.6 Å². The Labute approximate surface area is 96.1 Å². The summed E-state index contributed by atoms with van der Waals surface area (Å²) >= 11 is 11.2. The molecule has 0 saturated carbocycles. The van der Waals surface area contributed by atoms with E-state index >= 15 is 0 Å². The first kappa shape index (κ1) is 12.2. The van der Waals surface area contributed by atoms with Gasteiger partial charge in [-0.3, -0.25) is 4.79 Å². The molecule has 0 bridgehead atoms. The number of aliphatic hydroxyl groups is 1. The third kappa shape index (κ3) is 1.80. The van der Waals surface area contributed by atoms with Crippen molar-refractivity contribution in [3.8, 4) is 0 Å². The number of ether oxygens (including phenoxy) is 1. The van der Waals surface area contributed by atoms with E-state index in [1.807, 2.05) is 0 Å². The largest absolute Gasteiger partial charge is 0.466 e. The van der Waals surface area contributed by atoms with Gasteiger partial charge in [-0.05, 0) is 18.6 Å². The summed E-state index contributed by atoms with van der Waals surface area (Å²) in [5.41, 5.74) is -2.05. The fraction of sp³-hybridized carbons (Fsp3) is 0.333. The van der Waals surface area contributed by atoms with Crippen molar-refractivity contribution in [2.45, 2.75) is 12.5 Å². The minimum atomic E-state index is -2.06. The van der Waals surface area contributed by atoms with Gasteiger partial charge >= 0.3 is 5.97 Å². The molecule has 4 nitrogen and oxygen atoms in total. The van der Waals surface area contributed by atoms with Crippen LogP contribution in [0.3, 0.4) is 0 Å². The molecule has 1 aliphatic rings. The zero-order valence-corrected chi connectivity index (χ0v) is 9.52. The average Bonchev–Trinajstić information content (AvgIpc) is 2.22. The highest BCUT2D eigenvalue weighted by molar-refractivity contribution is 6.55. The van der Waals surface area contributed by atoms with Crippen LogP contribution >= 0.6 is 23.2 Å². The molecule has 0 aliphatic heterocycles. The molecule has 6 heteroatoms. The lowest BCUT2D eigenvalue weighted by Gasteiger charge is -2.26. The molecule has 1 rings (SSSR count). The molecule has 0 aromatic heterocycles. The molecule has 0 spiro atoms. The fourth-order valence-electron chi connectivity index (χ4n) is 1.17. The zero-order chi connectivity index (χ0) is 11.8. The van der Waals surface area contributed by atoms with Crippen molar-refractivity contribution in [1.29, 1.82) is 0 Å². The highest BCUT2D eigenvalue weighted by atomic mass is 35.5. The molecule has 0 aromatic rings. The van der Waals surface area contributed by atoms with E-state index in [2.05, 4.69) is 4.74 Å². The quantitative estimate of drug-likeness (QED) is 0.709. The van der Waals surface area contributed by atoms with Crippen LogP contribution in [-0.4, -0.2) is 29.6 Å². The predicted octanol–water partition coefficient (Wildman–Crippen LogP) is 1.11. The van der Waals surface area contributed by atoms with Crippen LogP contribution in [0.4, 0.5) is 0 Å². The van der Waals surface area contributed by atoms with Gasteiger partial charge < -0.3 is 9.84 Å². The van der Waals surface area contributed by atoms with Crippen LogP contribution in [-0.2, 0) is 14.3 Å². The van der Waals surface area contributed by atoms with E-state index in [1.54, 1.807) is 0 Å². The number of methoxy groups -OCH3 is 1. The van der Waals surface area contributed by atoms with E-state index in [0.29, 0.717) is 0 Å². The van der Waals surface area contributed by atoms with Crippen LogP contribution in [0.1, 0.15) is 6.92 Å². The van der Waals surface area contributed by atoms with Gasteiger partial charge in [-0.1, -0.05) is 23.2 Å². The summed E-state index contributed by atoms with van der Waals surface area (Å²) in [6.07, 6.45) is 0.921. The Bertz CT molecular complexity index is 397. The highest BCUT2D eigenvalue weighted by Gasteiger charge is 2.43. The van der Waals surface area contributed by atoms with Crippen molar-refractivity contribution in [3.63, 3.8) is 0 Å². The van der Waals surface area contributed by atoms with Crippen molar-refractivity contribution < 1.29 is 19.4 Å². The minimum Gasteiger partial charge on any atom is -0.466 e. The Hall–Kier alpha value is -0.840. The van der Waals surface area contributed by atoms with Crippen molar-refractivity contribution in [2.24, 2.45) is 0 Å². The highest BCUT2D eigenvalue weighted by Crippen LogP contribution is 2.34. The fourth-order valence-corrected chi connectivity index (χ4v) is 1.71. The Morgan fingerprint density at radius 3 is 2.53 bits per heavy atom. The molecule has 0 amide bonds. The molecular weight excluding hydrogens is 243 g/mol. The van der Waals surface area contributed by atoms with E-state index in [9.17, 15) is 14.7 Å². The average molecular weight is 251 g/mol. The van der Waals surface area contributed by atoms with Crippen molar-refractivity contribution >= 4 is 35.0 Å². The molecule has 0 heterocycles. The lowest BCUT2D eigenvalue weighted by atomic mass is 9.89. The zero-order valence-electron chi connectivity index (χ0n) is 8.01. The molecule has 0 fully saturated rings. The number of carbonyl (C=O) groups excluding carboxylic acids is 2. The summed E-state index contributed by atoms with van der Waals surface area (Å²) in [5, 5.41) is 9.36. The number of ketones is 1. The monoisotopic (exact) mass is 250 g/mol. The smallest absolute Gasteiger partial charge is 0.346 e. The second-order valence-corrected chi connectivity index (χ2v) is 3.80. The second-order valence-electron chi connectivity index (χ2n) is 3.02. The number of allylic oxidation sites excluding steroid dienone is 2. The van der Waals surface area contributed by atoms with Crippen LogP contribution in [0.15, 0.2) is 21.7 Å². The molecule has 0 radical (unpaired) electrons. The number of Topliss-reactive ketones (excluding diaryl/α,β-unsaturated/α-hetero) is 1. The summed E-state index contributed by atoms with van der Waals surface area (Å²) in [5.74, 6) is -1.56. The van der Waals surface area contributed by atoms with Gasteiger partial charge in [0.1, 0.15) is 0 Å². The van der Waals surface area contributed by atoms with Gasteiger partial charge in [-0.2, -0.15) is 0 Å². The third-order valence-electron chi connectivity index (χ3n) is 2.15. The van der Waals surface area contributed by atoms with E-state index in [1.165, 1.54) is 6.92 Å².